The molecule has 0 unspecified atom stereocenters. The molecule has 0 spiro atoms. The predicted octanol–water partition coefficient (Wildman–Crippen LogP) is 2.08. The lowest BCUT2D eigenvalue weighted by Crippen LogP contribution is -2.19. The minimum atomic E-state index is -0.989. The topological polar surface area (TPSA) is 92.2 Å². The second-order valence-corrected chi connectivity index (χ2v) is 5.67. The predicted molar refractivity (Wildman–Crippen MR) is 69.1 cm³/mol. The fourth-order valence-corrected chi connectivity index (χ4v) is 2.50. The molecule has 0 aromatic carbocycles. The van der Waals surface area contributed by atoms with E-state index >= 15 is 0 Å². The zero-order valence-corrected chi connectivity index (χ0v) is 11.7. The van der Waals surface area contributed by atoms with Crippen molar-refractivity contribution in [3.8, 4) is 0 Å². The Hall–Kier alpha value is -1.40. The van der Waals surface area contributed by atoms with E-state index < -0.39 is 29.1 Å². The van der Waals surface area contributed by atoms with E-state index in [0.717, 1.165) is 6.33 Å². The van der Waals surface area contributed by atoms with Gasteiger partial charge < -0.3 is 10.4 Å². The lowest BCUT2D eigenvalue weighted by molar-refractivity contribution is -0.140. The van der Waals surface area contributed by atoms with Gasteiger partial charge in [0.2, 0.25) is 5.91 Å². The largest absolute Gasteiger partial charge is 0.481 e. The van der Waals surface area contributed by atoms with Crippen LogP contribution < -0.4 is 5.32 Å². The van der Waals surface area contributed by atoms with E-state index in [4.69, 9.17) is 28.3 Å². The Kier molecular flexibility index (Phi) is 3.40. The van der Waals surface area contributed by atoms with E-state index in [1.54, 1.807) is 13.8 Å². The van der Waals surface area contributed by atoms with E-state index in [2.05, 4.69) is 15.3 Å². The van der Waals surface area contributed by atoms with E-state index in [-0.39, 0.29) is 16.0 Å². The number of amides is 1. The summed E-state index contributed by atoms with van der Waals surface area (Å²) in [4.78, 5) is 30.5. The number of carboxylic acids is 1. The van der Waals surface area contributed by atoms with E-state index in [0.29, 0.717) is 0 Å². The number of nitrogens with zero attached hydrogens (tertiary/aromatic N) is 2. The number of anilines is 1. The first-order chi connectivity index (χ1) is 8.76. The molecule has 2 atom stereocenters. The van der Waals surface area contributed by atoms with Crippen LogP contribution in [0.1, 0.15) is 13.8 Å². The molecule has 1 aromatic heterocycles. The van der Waals surface area contributed by atoms with E-state index in [1.165, 1.54) is 0 Å². The van der Waals surface area contributed by atoms with Crippen LogP contribution in [0.2, 0.25) is 10.2 Å². The van der Waals surface area contributed by atoms with Crippen LogP contribution in [-0.4, -0.2) is 27.0 Å². The maximum Gasteiger partial charge on any atom is 0.307 e. The second kappa shape index (κ2) is 4.61. The Bertz CT molecular complexity index is 562. The molecule has 1 aliphatic carbocycles. The Labute approximate surface area is 119 Å². The molecular weight excluding hydrogens is 293 g/mol. The first-order valence-electron chi connectivity index (χ1n) is 5.46. The highest BCUT2D eigenvalue weighted by molar-refractivity contribution is 6.42. The standard InChI is InChI=1S/C11H11Cl2N3O3/c1-11(2)4(5(11)10(18)19)9(17)16-8-6(12)7(13)14-3-15-8/h3-5H,1-2H3,(H,18,19)(H,14,15,16,17)/t4-,5+/m1/s1. The summed E-state index contributed by atoms with van der Waals surface area (Å²) in [6.45, 7) is 3.45. The third-order valence-electron chi connectivity index (χ3n) is 3.36. The highest BCUT2D eigenvalue weighted by Gasteiger charge is 2.66. The van der Waals surface area contributed by atoms with Crippen LogP contribution in [0.5, 0.6) is 0 Å². The molecule has 1 saturated carbocycles. The zero-order valence-electron chi connectivity index (χ0n) is 10.1. The molecule has 0 bridgehead atoms. The van der Waals surface area contributed by atoms with Crippen molar-refractivity contribution in [2.75, 3.05) is 5.32 Å². The maximum absolute atomic E-state index is 12.0. The SMILES string of the molecule is CC1(C)[C@H](C(=O)O)[C@@H]1C(=O)Nc1ncnc(Cl)c1Cl. The van der Waals surface area contributed by atoms with Crippen molar-refractivity contribution in [3.05, 3.63) is 16.5 Å². The fraction of sp³-hybridized carbons (Fsp3) is 0.455. The summed E-state index contributed by atoms with van der Waals surface area (Å²) in [5, 5.41) is 11.6. The van der Waals surface area contributed by atoms with Gasteiger partial charge in [-0.3, -0.25) is 9.59 Å². The van der Waals surface area contributed by atoms with Crippen molar-refractivity contribution < 1.29 is 14.7 Å². The quantitative estimate of drug-likeness (QED) is 0.834. The molecule has 1 aliphatic rings. The minimum Gasteiger partial charge on any atom is -0.481 e. The van der Waals surface area contributed by atoms with Gasteiger partial charge in [0.05, 0.1) is 11.8 Å². The third kappa shape index (κ3) is 2.37. The summed E-state index contributed by atoms with van der Waals surface area (Å²) in [5.74, 6) is -2.66. The van der Waals surface area contributed by atoms with Gasteiger partial charge in [-0.25, -0.2) is 9.97 Å². The van der Waals surface area contributed by atoms with Crippen molar-refractivity contribution in [3.63, 3.8) is 0 Å². The zero-order chi connectivity index (χ0) is 14.4. The maximum atomic E-state index is 12.0. The average Bonchev–Trinajstić information content (AvgIpc) is 2.88. The molecule has 0 aliphatic heterocycles. The van der Waals surface area contributed by atoms with E-state index in [9.17, 15) is 9.59 Å². The Morgan fingerprint density at radius 3 is 2.47 bits per heavy atom. The molecule has 19 heavy (non-hydrogen) atoms. The molecule has 1 aromatic rings. The second-order valence-electron chi connectivity index (χ2n) is 4.93. The summed E-state index contributed by atoms with van der Waals surface area (Å²) < 4.78 is 0. The van der Waals surface area contributed by atoms with Crippen molar-refractivity contribution in [1.82, 2.24) is 9.97 Å². The molecule has 1 amide bonds. The molecule has 6 nitrogen and oxygen atoms in total. The van der Waals surface area contributed by atoms with Crippen molar-refractivity contribution >= 4 is 40.9 Å². The molecule has 0 radical (unpaired) electrons. The number of rotatable bonds is 3. The molecule has 102 valence electrons. The average molecular weight is 304 g/mol. The number of carbonyl (C=O) groups excluding carboxylic acids is 1. The third-order valence-corrected chi connectivity index (χ3v) is 4.11. The van der Waals surface area contributed by atoms with Crippen LogP contribution in [0.4, 0.5) is 5.82 Å². The highest BCUT2D eigenvalue weighted by atomic mass is 35.5. The number of carboxylic acid groups (broad SMARTS) is 1. The Morgan fingerprint density at radius 1 is 1.32 bits per heavy atom. The van der Waals surface area contributed by atoms with Crippen molar-refractivity contribution in [2.45, 2.75) is 13.8 Å². The van der Waals surface area contributed by atoms with Gasteiger partial charge in [-0.15, -0.1) is 0 Å². The van der Waals surface area contributed by atoms with Crippen LogP contribution in [-0.2, 0) is 9.59 Å². The first-order valence-corrected chi connectivity index (χ1v) is 6.22. The summed E-state index contributed by atoms with van der Waals surface area (Å²) >= 11 is 11.5. The number of aromatic nitrogens is 2. The lowest BCUT2D eigenvalue weighted by Gasteiger charge is -2.07. The molecular formula is C11H11Cl2N3O3. The number of halogens is 2. The van der Waals surface area contributed by atoms with E-state index in [1.807, 2.05) is 0 Å². The normalized spacial score (nSPS) is 23.8. The number of nitrogens with one attached hydrogen (secondary N) is 1. The number of carbonyl (C=O) groups is 2. The summed E-state index contributed by atoms with van der Waals surface area (Å²) in [5.41, 5.74) is -0.584. The summed E-state index contributed by atoms with van der Waals surface area (Å²) in [6, 6.07) is 0. The lowest BCUT2D eigenvalue weighted by atomic mass is 10.1. The highest BCUT2D eigenvalue weighted by Crippen LogP contribution is 2.58. The first kappa shape index (κ1) is 14.0. The summed E-state index contributed by atoms with van der Waals surface area (Å²) in [6.07, 6.45) is 1.16. The van der Waals surface area contributed by atoms with Gasteiger partial charge in [0, 0.05) is 0 Å². The number of aliphatic carboxylic acids is 1. The molecule has 2 rings (SSSR count). The van der Waals surface area contributed by atoms with Gasteiger partial charge in [0.25, 0.3) is 0 Å². The van der Waals surface area contributed by atoms with Gasteiger partial charge in [0.1, 0.15) is 11.3 Å². The van der Waals surface area contributed by atoms with Crippen LogP contribution in [0.25, 0.3) is 0 Å². The summed E-state index contributed by atoms with van der Waals surface area (Å²) in [7, 11) is 0. The molecule has 1 fully saturated rings. The number of hydrogen-bond donors (Lipinski definition) is 2. The Balaban J connectivity index is 2.15. The van der Waals surface area contributed by atoms with Crippen LogP contribution in [0.15, 0.2) is 6.33 Å². The minimum absolute atomic E-state index is 0.0248. The van der Waals surface area contributed by atoms with Gasteiger partial charge >= 0.3 is 5.97 Å². The number of hydrogen-bond acceptors (Lipinski definition) is 4. The van der Waals surface area contributed by atoms with Crippen molar-refractivity contribution in [2.24, 2.45) is 17.3 Å². The van der Waals surface area contributed by atoms with Gasteiger partial charge in [-0.05, 0) is 5.41 Å². The molecule has 0 saturated heterocycles. The molecule has 2 N–H and O–H groups in total. The van der Waals surface area contributed by atoms with Crippen LogP contribution in [0, 0.1) is 17.3 Å². The van der Waals surface area contributed by atoms with Gasteiger partial charge in [-0.1, -0.05) is 37.0 Å². The monoisotopic (exact) mass is 303 g/mol. The molecule has 8 heteroatoms. The Morgan fingerprint density at radius 2 is 1.95 bits per heavy atom. The van der Waals surface area contributed by atoms with Crippen LogP contribution in [0.3, 0.4) is 0 Å². The molecule has 1 heterocycles. The van der Waals surface area contributed by atoms with Crippen LogP contribution >= 0.6 is 23.2 Å². The van der Waals surface area contributed by atoms with Gasteiger partial charge in [0.15, 0.2) is 11.0 Å². The van der Waals surface area contributed by atoms with Gasteiger partial charge in [-0.2, -0.15) is 0 Å². The van der Waals surface area contributed by atoms with Crippen molar-refractivity contribution in [1.29, 1.82) is 0 Å². The smallest absolute Gasteiger partial charge is 0.307 e. The fourth-order valence-electron chi connectivity index (χ4n) is 2.22.